The number of amides is 1. The van der Waals surface area contributed by atoms with E-state index in [1.54, 1.807) is 0 Å². The molecule has 3 nitrogen and oxygen atoms in total. The number of carbonyl (C=O) groups is 1. The second-order valence-corrected chi connectivity index (χ2v) is 6.59. The quantitative estimate of drug-likeness (QED) is 0.913. The molecule has 1 aromatic rings. The summed E-state index contributed by atoms with van der Waals surface area (Å²) in [7, 11) is 0. The highest BCUT2D eigenvalue weighted by molar-refractivity contribution is 9.10. The van der Waals surface area contributed by atoms with Crippen LogP contribution in [0.1, 0.15) is 24.8 Å². The lowest BCUT2D eigenvalue weighted by Crippen LogP contribution is -2.39. The van der Waals surface area contributed by atoms with Gasteiger partial charge in [0.2, 0.25) is 5.91 Å². The molecule has 0 bridgehead atoms. The molecule has 1 unspecified atom stereocenters. The number of halogens is 2. The zero-order chi connectivity index (χ0) is 13.6. The normalized spacial score (nSPS) is 23.2. The number of benzene rings is 1. The number of nitrogens with zero attached hydrogens (tertiary/aromatic N) is 1. The first-order chi connectivity index (χ1) is 9.06. The van der Waals surface area contributed by atoms with Gasteiger partial charge in [0.25, 0.3) is 0 Å². The third-order valence-electron chi connectivity index (χ3n) is 3.74. The van der Waals surface area contributed by atoms with Crippen LogP contribution in [0.15, 0.2) is 16.6 Å². The highest BCUT2D eigenvalue weighted by atomic mass is 79.9. The minimum Gasteiger partial charge on any atom is -0.310 e. The predicted octanol–water partition coefficient (Wildman–Crippen LogP) is 3.27. The van der Waals surface area contributed by atoms with E-state index in [2.05, 4.69) is 21.2 Å². The summed E-state index contributed by atoms with van der Waals surface area (Å²) in [5.74, 6) is 0.160. The highest BCUT2D eigenvalue weighted by Crippen LogP contribution is 2.34. The first-order valence-electron chi connectivity index (χ1n) is 6.59. The van der Waals surface area contributed by atoms with Crippen molar-refractivity contribution in [2.75, 3.05) is 11.4 Å². The van der Waals surface area contributed by atoms with Gasteiger partial charge >= 0.3 is 0 Å². The molecule has 1 atom stereocenters. The van der Waals surface area contributed by atoms with E-state index in [4.69, 9.17) is 11.6 Å². The van der Waals surface area contributed by atoms with Gasteiger partial charge in [-0.2, -0.15) is 0 Å². The lowest BCUT2D eigenvalue weighted by atomic mass is 10.2. The monoisotopic (exact) mass is 342 g/mol. The Kier molecular flexibility index (Phi) is 3.58. The van der Waals surface area contributed by atoms with Gasteiger partial charge in [0.1, 0.15) is 0 Å². The number of carbonyl (C=O) groups excluding carboxylic acids is 1. The Morgan fingerprint density at radius 3 is 2.79 bits per heavy atom. The van der Waals surface area contributed by atoms with Gasteiger partial charge in [-0.25, -0.2) is 0 Å². The molecule has 1 aromatic carbocycles. The van der Waals surface area contributed by atoms with Gasteiger partial charge in [-0.1, -0.05) is 11.6 Å². The average Bonchev–Trinajstić information content (AvgIpc) is 3.10. The summed E-state index contributed by atoms with van der Waals surface area (Å²) in [5, 5.41) is 4.11. The van der Waals surface area contributed by atoms with Crippen LogP contribution in [0.4, 0.5) is 5.69 Å². The summed E-state index contributed by atoms with van der Waals surface area (Å²) >= 11 is 9.70. The Labute approximate surface area is 126 Å². The molecule has 1 aliphatic heterocycles. The van der Waals surface area contributed by atoms with E-state index in [1.165, 1.54) is 12.8 Å². The number of hydrogen-bond donors (Lipinski definition) is 1. The van der Waals surface area contributed by atoms with E-state index in [9.17, 15) is 4.79 Å². The van der Waals surface area contributed by atoms with Gasteiger partial charge in [0, 0.05) is 22.1 Å². The SMILES string of the molecule is Cc1cc(Br)c(N2CCC(NC3CC3)C2=O)cc1Cl. The molecular weight excluding hydrogens is 328 g/mol. The Hall–Kier alpha value is -0.580. The standard InChI is InChI=1S/C14H16BrClN2O/c1-8-6-10(15)13(7-11(8)16)18-5-4-12(14(18)19)17-9-2-3-9/h6-7,9,12,17H,2-5H2,1H3. The highest BCUT2D eigenvalue weighted by Gasteiger charge is 2.36. The lowest BCUT2D eigenvalue weighted by molar-refractivity contribution is -0.118. The van der Waals surface area contributed by atoms with Crippen LogP contribution in [-0.4, -0.2) is 24.5 Å². The number of anilines is 1. The zero-order valence-electron chi connectivity index (χ0n) is 10.7. The maximum atomic E-state index is 12.4. The second-order valence-electron chi connectivity index (χ2n) is 5.32. The minimum absolute atomic E-state index is 0.0283. The van der Waals surface area contributed by atoms with Crippen LogP contribution >= 0.6 is 27.5 Å². The maximum Gasteiger partial charge on any atom is 0.244 e. The fourth-order valence-electron chi connectivity index (χ4n) is 2.45. The first-order valence-corrected chi connectivity index (χ1v) is 7.76. The molecule has 1 saturated carbocycles. The molecule has 102 valence electrons. The van der Waals surface area contributed by atoms with Crippen molar-refractivity contribution >= 4 is 39.1 Å². The van der Waals surface area contributed by atoms with Crippen LogP contribution in [0, 0.1) is 6.92 Å². The van der Waals surface area contributed by atoms with E-state index in [0.717, 1.165) is 28.7 Å². The molecule has 5 heteroatoms. The minimum atomic E-state index is -0.0283. The molecule has 1 heterocycles. The van der Waals surface area contributed by atoms with Gasteiger partial charge in [-0.05, 0) is 59.8 Å². The molecular formula is C14H16BrClN2O. The summed E-state index contributed by atoms with van der Waals surface area (Å²) in [6.45, 7) is 2.71. The van der Waals surface area contributed by atoms with Crippen molar-refractivity contribution in [2.24, 2.45) is 0 Å². The largest absolute Gasteiger partial charge is 0.310 e. The fourth-order valence-corrected chi connectivity index (χ4v) is 3.28. The lowest BCUT2D eigenvalue weighted by Gasteiger charge is -2.19. The predicted molar refractivity (Wildman–Crippen MR) is 80.8 cm³/mol. The Bertz CT molecular complexity index is 530. The first kappa shape index (κ1) is 13.4. The molecule has 2 aliphatic rings. The Morgan fingerprint density at radius 2 is 2.11 bits per heavy atom. The van der Waals surface area contributed by atoms with Crippen molar-refractivity contribution in [3.8, 4) is 0 Å². The summed E-state index contributed by atoms with van der Waals surface area (Å²) < 4.78 is 0.926. The van der Waals surface area contributed by atoms with Crippen LogP contribution in [0.2, 0.25) is 5.02 Å². The molecule has 1 N–H and O–H groups in total. The summed E-state index contributed by atoms with van der Waals surface area (Å²) in [6, 6.07) is 4.36. The number of aryl methyl sites for hydroxylation is 1. The van der Waals surface area contributed by atoms with Crippen molar-refractivity contribution in [1.82, 2.24) is 5.32 Å². The van der Waals surface area contributed by atoms with Crippen LogP contribution < -0.4 is 10.2 Å². The number of rotatable bonds is 3. The molecule has 0 radical (unpaired) electrons. The van der Waals surface area contributed by atoms with Crippen LogP contribution in [-0.2, 0) is 4.79 Å². The van der Waals surface area contributed by atoms with Gasteiger partial charge in [-0.3, -0.25) is 4.79 Å². The summed E-state index contributed by atoms with van der Waals surface area (Å²) in [4.78, 5) is 14.2. The number of hydrogen-bond acceptors (Lipinski definition) is 2. The molecule has 0 spiro atoms. The van der Waals surface area contributed by atoms with Gasteiger partial charge < -0.3 is 10.2 Å². The van der Waals surface area contributed by atoms with Crippen molar-refractivity contribution in [1.29, 1.82) is 0 Å². The van der Waals surface area contributed by atoms with Gasteiger partial charge in [0.05, 0.1) is 11.7 Å². The van der Waals surface area contributed by atoms with E-state index < -0.39 is 0 Å². The van der Waals surface area contributed by atoms with Crippen LogP contribution in [0.3, 0.4) is 0 Å². The fraction of sp³-hybridized carbons (Fsp3) is 0.500. The molecule has 2 fully saturated rings. The van der Waals surface area contributed by atoms with E-state index in [1.807, 2.05) is 24.0 Å². The summed E-state index contributed by atoms with van der Waals surface area (Å²) in [6.07, 6.45) is 3.26. The topological polar surface area (TPSA) is 32.3 Å². The van der Waals surface area contributed by atoms with E-state index >= 15 is 0 Å². The third-order valence-corrected chi connectivity index (χ3v) is 4.78. The van der Waals surface area contributed by atoms with Crippen molar-refractivity contribution in [3.63, 3.8) is 0 Å². The van der Waals surface area contributed by atoms with Crippen LogP contribution in [0.5, 0.6) is 0 Å². The maximum absolute atomic E-state index is 12.4. The second kappa shape index (κ2) is 5.08. The molecule has 1 amide bonds. The van der Waals surface area contributed by atoms with Gasteiger partial charge in [0.15, 0.2) is 0 Å². The molecule has 3 rings (SSSR count). The smallest absolute Gasteiger partial charge is 0.244 e. The average molecular weight is 344 g/mol. The summed E-state index contributed by atoms with van der Waals surface area (Å²) in [5.41, 5.74) is 1.89. The zero-order valence-corrected chi connectivity index (χ0v) is 13.1. The molecule has 19 heavy (non-hydrogen) atoms. The third kappa shape index (κ3) is 2.67. The van der Waals surface area contributed by atoms with Crippen LogP contribution in [0.25, 0.3) is 0 Å². The van der Waals surface area contributed by atoms with Crippen molar-refractivity contribution in [2.45, 2.75) is 38.3 Å². The van der Waals surface area contributed by atoms with E-state index in [-0.39, 0.29) is 11.9 Å². The Balaban J connectivity index is 1.82. The van der Waals surface area contributed by atoms with Gasteiger partial charge in [-0.15, -0.1) is 0 Å². The Morgan fingerprint density at radius 1 is 1.37 bits per heavy atom. The molecule has 1 aliphatic carbocycles. The molecule has 0 aromatic heterocycles. The van der Waals surface area contributed by atoms with Crippen molar-refractivity contribution < 1.29 is 4.79 Å². The number of nitrogens with one attached hydrogen (secondary N) is 1. The van der Waals surface area contributed by atoms with Crippen molar-refractivity contribution in [3.05, 3.63) is 27.2 Å². The molecule has 1 saturated heterocycles. The van der Waals surface area contributed by atoms with E-state index in [0.29, 0.717) is 11.1 Å².